The summed E-state index contributed by atoms with van der Waals surface area (Å²) in [7, 11) is 0. The highest BCUT2D eigenvalue weighted by Gasteiger charge is 2.17. The minimum Gasteiger partial charge on any atom is -0.309 e. The van der Waals surface area contributed by atoms with E-state index in [1.807, 2.05) is 36.0 Å². The zero-order valence-corrected chi connectivity index (χ0v) is 22.3. The molecule has 0 saturated heterocycles. The summed E-state index contributed by atoms with van der Waals surface area (Å²) in [6.45, 7) is 0. The molecule has 0 atom stereocenters. The van der Waals surface area contributed by atoms with Crippen molar-refractivity contribution in [3.05, 3.63) is 121 Å². The Morgan fingerprint density at radius 3 is 2.13 bits per heavy atom. The molecule has 4 aromatic heterocycles. The molecule has 4 heterocycles. The van der Waals surface area contributed by atoms with E-state index in [0.717, 1.165) is 54.6 Å². The van der Waals surface area contributed by atoms with Gasteiger partial charge in [-0.3, -0.25) is 4.98 Å². The highest BCUT2D eigenvalue weighted by Crippen LogP contribution is 2.39. The van der Waals surface area contributed by atoms with Crippen molar-refractivity contribution in [1.29, 1.82) is 0 Å². The Morgan fingerprint density at radius 2 is 1.38 bits per heavy atom. The van der Waals surface area contributed by atoms with Gasteiger partial charge in [-0.05, 0) is 48.5 Å². The van der Waals surface area contributed by atoms with Gasteiger partial charge in [0.05, 0.1) is 26.9 Å². The summed E-state index contributed by atoms with van der Waals surface area (Å²) in [5.41, 5.74) is 8.71. The van der Waals surface area contributed by atoms with Crippen molar-refractivity contribution in [2.24, 2.45) is 0 Å². The van der Waals surface area contributed by atoms with E-state index in [1.54, 1.807) is 22.7 Å². The van der Waals surface area contributed by atoms with Gasteiger partial charge in [-0.1, -0.05) is 54.6 Å². The van der Waals surface area contributed by atoms with E-state index in [0.29, 0.717) is 0 Å². The second kappa shape index (κ2) is 8.98. The van der Waals surface area contributed by atoms with Crippen LogP contribution in [0.2, 0.25) is 0 Å². The van der Waals surface area contributed by atoms with E-state index in [9.17, 15) is 0 Å². The second-order valence-corrected chi connectivity index (χ2v) is 11.3. The highest BCUT2D eigenvalue weighted by atomic mass is 32.1. The maximum Gasteiger partial charge on any atom is 0.124 e. The van der Waals surface area contributed by atoms with E-state index >= 15 is 0 Å². The summed E-state index contributed by atoms with van der Waals surface area (Å²) in [4.78, 5) is 14.1. The van der Waals surface area contributed by atoms with Crippen LogP contribution in [0, 0.1) is 0 Å². The summed E-state index contributed by atoms with van der Waals surface area (Å²) >= 11 is 3.39. The average Bonchev–Trinajstić information content (AvgIpc) is 3.75. The Labute approximate surface area is 232 Å². The molecular weight excluding hydrogens is 517 g/mol. The predicted molar refractivity (Wildman–Crippen MR) is 164 cm³/mol. The summed E-state index contributed by atoms with van der Waals surface area (Å²) < 4.78 is 3.56. The van der Waals surface area contributed by atoms with Crippen molar-refractivity contribution in [2.45, 2.75) is 0 Å². The van der Waals surface area contributed by atoms with Gasteiger partial charge in [0.1, 0.15) is 10.0 Å². The molecular formula is C33H20N4S2. The lowest BCUT2D eigenvalue weighted by molar-refractivity contribution is 1.18. The third kappa shape index (κ3) is 3.76. The van der Waals surface area contributed by atoms with Crippen molar-refractivity contribution >= 4 is 54.7 Å². The molecule has 0 amide bonds. The third-order valence-corrected chi connectivity index (χ3v) is 8.96. The summed E-state index contributed by atoms with van der Waals surface area (Å²) in [5.74, 6) is 0. The van der Waals surface area contributed by atoms with Crippen molar-refractivity contribution in [1.82, 2.24) is 19.5 Å². The Bertz CT molecular complexity index is 2090. The van der Waals surface area contributed by atoms with Gasteiger partial charge >= 0.3 is 0 Å². The molecule has 4 aromatic carbocycles. The minimum atomic E-state index is 0.957. The number of nitrogens with zero attached hydrogens (tertiary/aromatic N) is 4. The van der Waals surface area contributed by atoms with Gasteiger partial charge in [0.2, 0.25) is 0 Å². The van der Waals surface area contributed by atoms with Crippen LogP contribution in [-0.4, -0.2) is 19.5 Å². The molecule has 0 unspecified atom stereocenters. The molecule has 0 fully saturated rings. The molecule has 184 valence electrons. The fourth-order valence-electron chi connectivity index (χ4n) is 5.26. The maximum absolute atomic E-state index is 4.94. The summed E-state index contributed by atoms with van der Waals surface area (Å²) in [5, 5.41) is 6.50. The van der Waals surface area contributed by atoms with Crippen LogP contribution in [0.25, 0.3) is 70.1 Å². The van der Waals surface area contributed by atoms with Gasteiger partial charge in [0.25, 0.3) is 0 Å². The lowest BCUT2D eigenvalue weighted by Gasteiger charge is -2.11. The number of hydrogen-bond acceptors (Lipinski definition) is 5. The lowest BCUT2D eigenvalue weighted by atomic mass is 10.1. The Morgan fingerprint density at radius 1 is 0.590 bits per heavy atom. The van der Waals surface area contributed by atoms with Gasteiger partial charge in [0.15, 0.2) is 0 Å². The van der Waals surface area contributed by atoms with Crippen LogP contribution in [0.4, 0.5) is 0 Å². The molecule has 0 N–H and O–H groups in total. The number of pyridine rings is 1. The van der Waals surface area contributed by atoms with Crippen LogP contribution in [0.1, 0.15) is 0 Å². The summed E-state index contributed by atoms with van der Waals surface area (Å²) in [6.07, 6.45) is 3.70. The molecule has 8 aromatic rings. The van der Waals surface area contributed by atoms with Crippen molar-refractivity contribution in [3.8, 4) is 38.1 Å². The Hall–Kier alpha value is -4.65. The van der Waals surface area contributed by atoms with Gasteiger partial charge in [0, 0.05) is 50.9 Å². The number of para-hydroxylation sites is 1. The highest BCUT2D eigenvalue weighted by molar-refractivity contribution is 7.21. The predicted octanol–water partition coefficient (Wildman–Crippen LogP) is 9.25. The summed E-state index contributed by atoms with van der Waals surface area (Å²) in [6, 6.07) is 36.4. The third-order valence-electron chi connectivity index (χ3n) is 7.05. The van der Waals surface area contributed by atoms with Crippen LogP contribution in [0.5, 0.6) is 0 Å². The molecule has 0 bridgehead atoms. The Kier molecular flexibility index (Phi) is 5.14. The normalized spacial score (nSPS) is 11.6. The van der Waals surface area contributed by atoms with Gasteiger partial charge < -0.3 is 4.57 Å². The van der Waals surface area contributed by atoms with Gasteiger partial charge in [-0.2, -0.15) is 0 Å². The van der Waals surface area contributed by atoms with Crippen molar-refractivity contribution < 1.29 is 0 Å². The second-order valence-electron chi connectivity index (χ2n) is 9.39. The van der Waals surface area contributed by atoms with E-state index in [-0.39, 0.29) is 0 Å². The topological polar surface area (TPSA) is 43.6 Å². The molecule has 0 aliphatic carbocycles. The number of hydrogen-bond donors (Lipinski definition) is 0. The smallest absolute Gasteiger partial charge is 0.124 e. The van der Waals surface area contributed by atoms with Crippen molar-refractivity contribution in [3.63, 3.8) is 0 Å². The molecule has 4 nitrogen and oxygen atoms in total. The molecule has 6 heteroatoms. The van der Waals surface area contributed by atoms with Crippen LogP contribution >= 0.6 is 22.7 Å². The largest absolute Gasteiger partial charge is 0.309 e. The van der Waals surface area contributed by atoms with Gasteiger partial charge in [-0.25, -0.2) is 9.97 Å². The van der Waals surface area contributed by atoms with Crippen LogP contribution in [0.3, 0.4) is 0 Å². The molecule has 0 saturated carbocycles. The van der Waals surface area contributed by atoms with Crippen molar-refractivity contribution in [2.75, 3.05) is 0 Å². The minimum absolute atomic E-state index is 0.957. The van der Waals surface area contributed by atoms with Crippen LogP contribution < -0.4 is 0 Å². The fourth-order valence-corrected chi connectivity index (χ4v) is 6.86. The number of aromatic nitrogens is 4. The maximum atomic E-state index is 4.94. The van der Waals surface area contributed by atoms with Crippen LogP contribution in [0.15, 0.2) is 121 Å². The first-order valence-electron chi connectivity index (χ1n) is 12.7. The first-order chi connectivity index (χ1) is 19.3. The van der Waals surface area contributed by atoms with E-state index in [1.165, 1.54) is 15.5 Å². The lowest BCUT2D eigenvalue weighted by Crippen LogP contribution is -1.95. The standard InChI is InChI=1S/C33H20N4S2/c1-2-10-31-28(9-1)36-33(39-31)23-12-14-26-25-13-11-22(32-35-16-17-38-32)19-29(25)37(30(26)20-23)24-7-5-6-21(18-24)27-8-3-4-15-34-27/h1-20H. The molecule has 0 spiro atoms. The van der Waals surface area contributed by atoms with Gasteiger partial charge in [-0.15, -0.1) is 22.7 Å². The first kappa shape index (κ1) is 22.3. The molecule has 8 rings (SSSR count). The number of thiazole rings is 2. The molecule has 0 aliphatic rings. The number of benzene rings is 4. The van der Waals surface area contributed by atoms with E-state index < -0.39 is 0 Å². The SMILES string of the molecule is c1ccc(-c2cccc(-n3c4cc(-c5nccs5)ccc4c4ccc(-c5nc6ccccc6s5)cc43)c2)nc1. The Balaban J connectivity index is 1.40. The number of fused-ring (bicyclic) bond motifs is 4. The van der Waals surface area contributed by atoms with E-state index in [4.69, 9.17) is 4.98 Å². The molecule has 0 radical (unpaired) electrons. The van der Waals surface area contributed by atoms with Crippen LogP contribution in [-0.2, 0) is 0 Å². The molecule has 0 aliphatic heterocycles. The first-order valence-corrected chi connectivity index (χ1v) is 14.4. The van der Waals surface area contributed by atoms with E-state index in [2.05, 4.69) is 99.5 Å². The molecule has 39 heavy (non-hydrogen) atoms. The fraction of sp³-hybridized carbons (Fsp3) is 0. The zero-order chi connectivity index (χ0) is 25.8. The zero-order valence-electron chi connectivity index (χ0n) is 20.7. The quantitative estimate of drug-likeness (QED) is 0.225. The number of rotatable bonds is 4. The average molecular weight is 537 g/mol. The monoisotopic (exact) mass is 536 g/mol.